The molecule has 0 saturated carbocycles. The molecule has 29 heavy (non-hydrogen) atoms. The molecule has 1 aromatic carbocycles. The normalized spacial score (nSPS) is 16.6. The van der Waals surface area contributed by atoms with E-state index in [9.17, 15) is 0 Å². The first-order valence-electron chi connectivity index (χ1n) is 9.66. The number of benzene rings is 1. The summed E-state index contributed by atoms with van der Waals surface area (Å²) in [6.07, 6.45) is 6.79. The maximum atomic E-state index is 5.43. The third-order valence-corrected chi connectivity index (χ3v) is 6.44. The fourth-order valence-electron chi connectivity index (χ4n) is 3.81. The van der Waals surface area contributed by atoms with Gasteiger partial charge in [-0.2, -0.15) is 0 Å². The maximum Gasteiger partial charge on any atom is 0.192 e. The van der Waals surface area contributed by atoms with Crippen LogP contribution in [0.2, 0.25) is 0 Å². The van der Waals surface area contributed by atoms with Gasteiger partial charge >= 0.3 is 0 Å². The number of aryl methyl sites for hydroxylation is 1. The second-order valence-electron chi connectivity index (χ2n) is 7.32. The lowest BCUT2D eigenvalue weighted by Crippen LogP contribution is -2.08. The Labute approximate surface area is 172 Å². The van der Waals surface area contributed by atoms with E-state index in [1.165, 1.54) is 16.9 Å². The average molecular weight is 407 g/mol. The van der Waals surface area contributed by atoms with Gasteiger partial charge in [-0.25, -0.2) is 14.5 Å². The summed E-state index contributed by atoms with van der Waals surface area (Å²) in [5.41, 5.74) is 3.10. The monoisotopic (exact) mass is 407 g/mol. The molecule has 0 aliphatic heterocycles. The predicted molar refractivity (Wildman–Crippen MR) is 113 cm³/mol. The molecule has 0 saturated heterocycles. The van der Waals surface area contributed by atoms with E-state index in [1.54, 1.807) is 35.5 Å². The number of aromatic nitrogens is 4. The molecule has 0 radical (unpaired) electrons. The molecule has 1 unspecified atom stereocenters. The van der Waals surface area contributed by atoms with Crippen molar-refractivity contribution < 1.29 is 9.57 Å². The Hall–Kier alpha value is -3.00. The molecule has 4 aromatic rings. The molecule has 1 atom stereocenters. The van der Waals surface area contributed by atoms with Crippen LogP contribution >= 0.6 is 11.3 Å². The number of hydrogen-bond acceptors (Lipinski definition) is 7. The lowest BCUT2D eigenvalue weighted by atomic mass is 9.89. The number of ether oxygens (including phenoxy) is 1. The van der Waals surface area contributed by atoms with E-state index in [2.05, 4.69) is 22.2 Å². The molecule has 7 nitrogen and oxygen atoms in total. The SMILES string of the molecule is COc1ccccc1/C=N/OCc1nc2c3c4c(sc3ncn2n1)CC(C)CC4. The number of methoxy groups -OCH3 is 1. The molecule has 1 aliphatic carbocycles. The van der Waals surface area contributed by atoms with Crippen LogP contribution < -0.4 is 4.74 Å². The van der Waals surface area contributed by atoms with Gasteiger partial charge in [-0.3, -0.25) is 0 Å². The number of rotatable bonds is 5. The number of para-hydroxylation sites is 1. The van der Waals surface area contributed by atoms with Gasteiger partial charge < -0.3 is 9.57 Å². The van der Waals surface area contributed by atoms with Crippen molar-refractivity contribution in [2.45, 2.75) is 32.8 Å². The molecule has 0 spiro atoms. The van der Waals surface area contributed by atoms with Crippen molar-refractivity contribution in [2.24, 2.45) is 11.1 Å². The number of nitrogens with zero attached hydrogens (tertiary/aromatic N) is 5. The summed E-state index contributed by atoms with van der Waals surface area (Å²) in [4.78, 5) is 17.2. The van der Waals surface area contributed by atoms with Crippen molar-refractivity contribution in [3.8, 4) is 5.75 Å². The molecular formula is C21H21N5O2S. The Kier molecular flexibility index (Phi) is 4.63. The second-order valence-corrected chi connectivity index (χ2v) is 8.41. The van der Waals surface area contributed by atoms with E-state index < -0.39 is 0 Å². The van der Waals surface area contributed by atoms with Crippen LogP contribution in [0, 0.1) is 5.92 Å². The third kappa shape index (κ3) is 3.33. The van der Waals surface area contributed by atoms with Crippen molar-refractivity contribution in [1.82, 2.24) is 19.6 Å². The zero-order chi connectivity index (χ0) is 19.8. The molecule has 3 heterocycles. The fraction of sp³-hybridized carbons (Fsp3) is 0.333. The fourth-order valence-corrected chi connectivity index (χ4v) is 5.15. The van der Waals surface area contributed by atoms with Crippen molar-refractivity contribution in [1.29, 1.82) is 0 Å². The summed E-state index contributed by atoms with van der Waals surface area (Å²) in [7, 11) is 1.63. The minimum absolute atomic E-state index is 0.193. The van der Waals surface area contributed by atoms with Gasteiger partial charge in [0, 0.05) is 10.4 Å². The molecule has 0 fully saturated rings. The zero-order valence-corrected chi connectivity index (χ0v) is 17.1. The maximum absolute atomic E-state index is 5.43. The van der Waals surface area contributed by atoms with E-state index in [-0.39, 0.29) is 6.61 Å². The lowest BCUT2D eigenvalue weighted by Gasteiger charge is -2.17. The van der Waals surface area contributed by atoms with Gasteiger partial charge in [-0.05, 0) is 42.9 Å². The van der Waals surface area contributed by atoms with Gasteiger partial charge in [0.2, 0.25) is 0 Å². The highest BCUT2D eigenvalue weighted by molar-refractivity contribution is 7.19. The molecule has 0 amide bonds. The smallest absolute Gasteiger partial charge is 0.192 e. The molecule has 1 aliphatic rings. The van der Waals surface area contributed by atoms with Crippen LogP contribution in [0.3, 0.4) is 0 Å². The van der Waals surface area contributed by atoms with Crippen molar-refractivity contribution in [3.63, 3.8) is 0 Å². The standard InChI is InChI=1S/C21H21N5O2S/c1-13-7-8-15-17(9-13)29-21-19(15)20-24-18(25-26(20)12-22-21)11-28-23-10-14-5-3-4-6-16(14)27-2/h3-6,10,12-13H,7-9,11H2,1-2H3/b23-10+. The predicted octanol–water partition coefficient (Wildman–Crippen LogP) is 4.02. The Morgan fingerprint density at radius 1 is 1.34 bits per heavy atom. The van der Waals surface area contributed by atoms with Gasteiger partial charge in [0.25, 0.3) is 0 Å². The first kappa shape index (κ1) is 18.1. The van der Waals surface area contributed by atoms with Crippen LogP contribution in [-0.2, 0) is 24.3 Å². The lowest BCUT2D eigenvalue weighted by molar-refractivity contribution is 0.126. The van der Waals surface area contributed by atoms with E-state index in [0.29, 0.717) is 5.82 Å². The zero-order valence-electron chi connectivity index (χ0n) is 16.3. The number of hydrogen-bond donors (Lipinski definition) is 0. The summed E-state index contributed by atoms with van der Waals surface area (Å²) in [5, 5.41) is 9.70. The minimum atomic E-state index is 0.193. The quantitative estimate of drug-likeness (QED) is 0.369. The molecule has 8 heteroatoms. The van der Waals surface area contributed by atoms with Crippen molar-refractivity contribution in [3.05, 3.63) is 52.4 Å². The van der Waals surface area contributed by atoms with Crippen molar-refractivity contribution >= 4 is 33.4 Å². The summed E-state index contributed by atoms with van der Waals surface area (Å²) in [6, 6.07) is 7.63. The summed E-state index contributed by atoms with van der Waals surface area (Å²) in [6.45, 7) is 2.51. The van der Waals surface area contributed by atoms with Crippen LogP contribution in [0.4, 0.5) is 0 Å². The highest BCUT2D eigenvalue weighted by Gasteiger charge is 2.23. The van der Waals surface area contributed by atoms with Crippen LogP contribution in [0.15, 0.2) is 35.7 Å². The minimum Gasteiger partial charge on any atom is -0.496 e. The molecule has 148 valence electrons. The average Bonchev–Trinajstić information content (AvgIpc) is 3.31. The molecule has 3 aromatic heterocycles. The third-order valence-electron chi connectivity index (χ3n) is 5.28. The topological polar surface area (TPSA) is 73.9 Å². The van der Waals surface area contributed by atoms with E-state index in [1.807, 2.05) is 24.3 Å². The Balaban J connectivity index is 1.39. The van der Waals surface area contributed by atoms with Crippen LogP contribution in [0.1, 0.15) is 35.2 Å². The van der Waals surface area contributed by atoms with Gasteiger partial charge in [-0.1, -0.05) is 24.2 Å². The van der Waals surface area contributed by atoms with E-state index in [4.69, 9.17) is 14.6 Å². The Bertz CT molecular complexity index is 1210. The number of thiophene rings is 1. The molecular weight excluding hydrogens is 386 g/mol. The van der Waals surface area contributed by atoms with E-state index >= 15 is 0 Å². The highest BCUT2D eigenvalue weighted by atomic mass is 32.1. The van der Waals surface area contributed by atoms with Gasteiger partial charge in [0.15, 0.2) is 18.1 Å². The first-order valence-corrected chi connectivity index (χ1v) is 10.5. The van der Waals surface area contributed by atoms with Crippen LogP contribution in [0.25, 0.3) is 15.9 Å². The Morgan fingerprint density at radius 2 is 2.24 bits per heavy atom. The highest BCUT2D eigenvalue weighted by Crippen LogP contribution is 2.38. The van der Waals surface area contributed by atoms with Crippen molar-refractivity contribution in [2.75, 3.05) is 7.11 Å². The number of fused-ring (bicyclic) bond motifs is 5. The molecule has 0 bridgehead atoms. The van der Waals surface area contributed by atoms with E-state index in [0.717, 1.165) is 45.9 Å². The summed E-state index contributed by atoms with van der Waals surface area (Å²) < 4.78 is 7.05. The largest absolute Gasteiger partial charge is 0.496 e. The molecule has 0 N–H and O–H groups in total. The van der Waals surface area contributed by atoms with Gasteiger partial charge in [0.1, 0.15) is 16.9 Å². The van der Waals surface area contributed by atoms with Crippen LogP contribution in [-0.4, -0.2) is 32.9 Å². The molecule has 5 rings (SSSR count). The van der Waals surface area contributed by atoms with Crippen LogP contribution in [0.5, 0.6) is 5.75 Å². The Morgan fingerprint density at radius 3 is 3.14 bits per heavy atom. The second kappa shape index (κ2) is 7.44. The summed E-state index contributed by atoms with van der Waals surface area (Å²) in [5.74, 6) is 2.06. The van der Waals surface area contributed by atoms with Gasteiger partial charge in [-0.15, -0.1) is 16.4 Å². The first-order chi connectivity index (χ1) is 14.2. The van der Waals surface area contributed by atoms with Gasteiger partial charge in [0.05, 0.1) is 18.7 Å². The summed E-state index contributed by atoms with van der Waals surface area (Å²) >= 11 is 1.79. The number of oxime groups is 1.